The Morgan fingerprint density at radius 3 is 2.52 bits per heavy atom. The van der Waals surface area contributed by atoms with E-state index in [4.69, 9.17) is 0 Å². The van der Waals surface area contributed by atoms with E-state index in [1.807, 2.05) is 37.3 Å². The van der Waals surface area contributed by atoms with Crippen molar-refractivity contribution in [3.05, 3.63) is 71.0 Å². The quantitative estimate of drug-likeness (QED) is 0.624. The fraction of sp³-hybridized carbons (Fsp3) is 0.458. The fourth-order valence-corrected chi connectivity index (χ4v) is 4.28. The van der Waals surface area contributed by atoms with Gasteiger partial charge >= 0.3 is 6.18 Å². The van der Waals surface area contributed by atoms with E-state index in [9.17, 15) is 27.5 Å². The van der Waals surface area contributed by atoms with E-state index in [1.165, 1.54) is 6.08 Å². The molecule has 0 aromatic heterocycles. The zero-order valence-corrected chi connectivity index (χ0v) is 17.6. The van der Waals surface area contributed by atoms with Crippen LogP contribution in [0.1, 0.15) is 51.0 Å². The van der Waals surface area contributed by atoms with E-state index in [-0.39, 0.29) is 11.8 Å². The first kappa shape index (κ1) is 23.3. The van der Waals surface area contributed by atoms with Gasteiger partial charge in [-0.2, -0.15) is 13.2 Å². The summed E-state index contributed by atoms with van der Waals surface area (Å²) in [6.45, 7) is 4.10. The molecule has 1 heterocycles. The monoisotopic (exact) mass is 437 g/mol. The molecule has 31 heavy (non-hydrogen) atoms. The van der Waals surface area contributed by atoms with Gasteiger partial charge in [-0.3, -0.25) is 4.79 Å². The molecule has 3 nitrogen and oxygen atoms in total. The molecule has 2 unspecified atom stereocenters. The SMILES string of the molecule is CC=C1/C(=C\C2=CC(F)C2(O)C(F)(F)F)CCCCN1C(=O)[C@@H](CC)c1ccccc1. The summed E-state index contributed by atoms with van der Waals surface area (Å²) in [4.78, 5) is 15.1. The summed E-state index contributed by atoms with van der Waals surface area (Å²) >= 11 is 0. The van der Waals surface area contributed by atoms with Gasteiger partial charge in [0, 0.05) is 12.2 Å². The molecule has 0 saturated carbocycles. The highest BCUT2D eigenvalue weighted by atomic mass is 19.4. The van der Waals surface area contributed by atoms with E-state index in [0.29, 0.717) is 43.5 Å². The largest absolute Gasteiger partial charge is 0.424 e. The summed E-state index contributed by atoms with van der Waals surface area (Å²) in [5.74, 6) is -0.493. The number of halogens is 4. The third-order valence-electron chi connectivity index (χ3n) is 6.07. The minimum Gasteiger partial charge on any atom is -0.374 e. The van der Waals surface area contributed by atoms with Crippen molar-refractivity contribution >= 4 is 5.91 Å². The van der Waals surface area contributed by atoms with E-state index < -0.39 is 23.5 Å². The number of allylic oxidation sites excluding steroid dienone is 2. The first-order chi connectivity index (χ1) is 14.6. The van der Waals surface area contributed by atoms with Gasteiger partial charge in [-0.05, 0) is 55.4 Å². The number of rotatable bonds is 4. The van der Waals surface area contributed by atoms with Gasteiger partial charge in [-0.15, -0.1) is 0 Å². The minimum atomic E-state index is -5.12. The molecule has 1 aromatic carbocycles. The van der Waals surface area contributed by atoms with Crippen LogP contribution in [0.15, 0.2) is 65.4 Å². The lowest BCUT2D eigenvalue weighted by atomic mass is 9.76. The van der Waals surface area contributed by atoms with Gasteiger partial charge in [0.1, 0.15) is 0 Å². The Labute approximate surface area is 179 Å². The van der Waals surface area contributed by atoms with Crippen LogP contribution < -0.4 is 0 Å². The first-order valence-corrected chi connectivity index (χ1v) is 10.5. The van der Waals surface area contributed by atoms with Crippen LogP contribution in [0.2, 0.25) is 0 Å². The fourth-order valence-electron chi connectivity index (χ4n) is 4.28. The average molecular weight is 437 g/mol. The Balaban J connectivity index is 1.95. The maximum Gasteiger partial charge on any atom is 0.424 e. The molecule has 1 aromatic rings. The highest BCUT2D eigenvalue weighted by Gasteiger charge is 2.65. The van der Waals surface area contributed by atoms with Crippen LogP contribution in [0.4, 0.5) is 17.6 Å². The van der Waals surface area contributed by atoms with Crippen LogP contribution in [0.25, 0.3) is 0 Å². The van der Waals surface area contributed by atoms with Crippen LogP contribution in [-0.2, 0) is 4.79 Å². The standard InChI is InChI=1S/C24H27F4NO2/c1-3-19(16-10-6-5-7-11-16)22(30)29-13-9-8-12-17(20(29)4-2)14-18-15-21(25)23(18,31)24(26,27)28/h4-7,10-11,14-15,19,21,31H,3,8-9,12-13H2,1-2H3/b17-14-,20-4?/t19-,21?,23?/m0/s1. The average Bonchev–Trinajstić information content (AvgIpc) is 2.95. The third-order valence-corrected chi connectivity index (χ3v) is 6.07. The Morgan fingerprint density at radius 1 is 1.29 bits per heavy atom. The zero-order valence-electron chi connectivity index (χ0n) is 17.6. The summed E-state index contributed by atoms with van der Waals surface area (Å²) in [6, 6.07) is 9.38. The number of carbonyl (C=O) groups is 1. The first-order valence-electron chi connectivity index (χ1n) is 10.5. The van der Waals surface area contributed by atoms with Crippen molar-refractivity contribution in [3.8, 4) is 0 Å². The van der Waals surface area contributed by atoms with Crippen molar-refractivity contribution in [1.29, 1.82) is 0 Å². The van der Waals surface area contributed by atoms with Gasteiger partial charge in [0.05, 0.1) is 5.92 Å². The molecule has 1 aliphatic heterocycles. The Hall–Kier alpha value is -2.41. The lowest BCUT2D eigenvalue weighted by Crippen LogP contribution is -2.58. The molecule has 1 aliphatic carbocycles. The van der Waals surface area contributed by atoms with Gasteiger partial charge in [0.2, 0.25) is 11.5 Å². The summed E-state index contributed by atoms with van der Waals surface area (Å²) < 4.78 is 53.6. The number of benzene rings is 1. The Morgan fingerprint density at radius 2 is 1.97 bits per heavy atom. The number of carbonyl (C=O) groups excluding carboxylic acids is 1. The molecule has 1 fully saturated rings. The predicted octanol–water partition coefficient (Wildman–Crippen LogP) is 5.59. The van der Waals surface area contributed by atoms with E-state index in [1.54, 1.807) is 17.9 Å². The highest BCUT2D eigenvalue weighted by Crippen LogP contribution is 2.48. The van der Waals surface area contributed by atoms with Gasteiger partial charge < -0.3 is 10.0 Å². The van der Waals surface area contributed by atoms with Crippen molar-refractivity contribution in [2.24, 2.45) is 0 Å². The van der Waals surface area contributed by atoms with E-state index in [0.717, 1.165) is 11.6 Å². The van der Waals surface area contributed by atoms with Crippen LogP contribution >= 0.6 is 0 Å². The molecule has 2 aliphatic rings. The molecule has 1 amide bonds. The topological polar surface area (TPSA) is 40.5 Å². The molecule has 0 spiro atoms. The zero-order chi connectivity index (χ0) is 22.8. The molecule has 0 bridgehead atoms. The number of nitrogens with zero attached hydrogens (tertiary/aromatic N) is 1. The van der Waals surface area contributed by atoms with Gasteiger partial charge in [-0.1, -0.05) is 49.4 Å². The predicted molar refractivity (Wildman–Crippen MR) is 111 cm³/mol. The van der Waals surface area contributed by atoms with Crippen molar-refractivity contribution < 1.29 is 27.5 Å². The second kappa shape index (κ2) is 8.99. The molecule has 3 rings (SSSR count). The number of aliphatic hydroxyl groups is 1. The smallest absolute Gasteiger partial charge is 0.374 e. The number of alkyl halides is 4. The molecule has 3 atom stereocenters. The molecule has 0 radical (unpaired) electrons. The molecular formula is C24H27F4NO2. The van der Waals surface area contributed by atoms with E-state index in [2.05, 4.69) is 0 Å². The summed E-state index contributed by atoms with van der Waals surface area (Å²) in [5.41, 5.74) is -2.11. The Kier molecular flexibility index (Phi) is 6.74. The van der Waals surface area contributed by atoms with Gasteiger partial charge in [-0.25, -0.2) is 4.39 Å². The highest BCUT2D eigenvalue weighted by molar-refractivity contribution is 5.86. The molecule has 1 saturated heterocycles. The van der Waals surface area contributed by atoms with Crippen molar-refractivity contribution in [3.63, 3.8) is 0 Å². The van der Waals surface area contributed by atoms with Gasteiger partial charge in [0.15, 0.2) is 6.17 Å². The summed E-state index contributed by atoms with van der Waals surface area (Å²) in [6.07, 6.45) is -1.55. The van der Waals surface area contributed by atoms with Crippen molar-refractivity contribution in [2.45, 2.75) is 63.4 Å². The number of likely N-dealkylation sites (tertiary alicyclic amines) is 1. The maximum atomic E-state index is 13.7. The van der Waals surface area contributed by atoms with Crippen molar-refractivity contribution in [2.75, 3.05) is 6.54 Å². The number of amides is 1. The normalized spacial score (nSPS) is 28.2. The van der Waals surface area contributed by atoms with Crippen molar-refractivity contribution in [1.82, 2.24) is 4.90 Å². The van der Waals surface area contributed by atoms with Crippen LogP contribution in [-0.4, -0.2) is 40.4 Å². The second-order valence-corrected chi connectivity index (χ2v) is 7.95. The number of hydrogen-bond acceptors (Lipinski definition) is 2. The molecule has 168 valence electrons. The molecular weight excluding hydrogens is 410 g/mol. The van der Waals surface area contributed by atoms with Crippen LogP contribution in [0, 0.1) is 0 Å². The summed E-state index contributed by atoms with van der Waals surface area (Å²) in [7, 11) is 0. The summed E-state index contributed by atoms with van der Waals surface area (Å²) in [5, 5.41) is 9.97. The Bertz CT molecular complexity index is 904. The third kappa shape index (κ3) is 4.20. The molecule has 7 heteroatoms. The molecule has 1 N–H and O–H groups in total. The maximum absolute atomic E-state index is 13.7. The van der Waals surface area contributed by atoms with Gasteiger partial charge in [0.25, 0.3) is 0 Å². The van der Waals surface area contributed by atoms with E-state index >= 15 is 0 Å². The lowest BCUT2D eigenvalue weighted by Gasteiger charge is -2.40. The van der Waals surface area contributed by atoms with Crippen LogP contribution in [0.3, 0.4) is 0 Å². The number of hydrogen-bond donors (Lipinski definition) is 1. The second-order valence-electron chi connectivity index (χ2n) is 7.95. The minimum absolute atomic E-state index is 0.119. The lowest BCUT2D eigenvalue weighted by molar-refractivity contribution is -0.265. The van der Waals surface area contributed by atoms with Crippen LogP contribution in [0.5, 0.6) is 0 Å².